The van der Waals surface area contributed by atoms with E-state index in [0.29, 0.717) is 12.0 Å². The summed E-state index contributed by atoms with van der Waals surface area (Å²) in [6.07, 6.45) is 4.27. The van der Waals surface area contributed by atoms with Gasteiger partial charge in [-0.1, -0.05) is 0 Å². The van der Waals surface area contributed by atoms with Crippen LogP contribution < -0.4 is 11.3 Å². The van der Waals surface area contributed by atoms with Gasteiger partial charge in [-0.15, -0.1) is 0 Å². The summed E-state index contributed by atoms with van der Waals surface area (Å²) in [6.45, 7) is 4.02. The zero-order valence-corrected chi connectivity index (χ0v) is 12.0. The zero-order valence-electron chi connectivity index (χ0n) is 12.0. The van der Waals surface area contributed by atoms with Gasteiger partial charge in [-0.2, -0.15) is 5.10 Å². The zero-order chi connectivity index (χ0) is 14.7. The van der Waals surface area contributed by atoms with Crippen LogP contribution in [0.5, 0.6) is 0 Å². The molecule has 0 bridgehead atoms. The number of aryl methyl sites for hydroxylation is 2. The Bertz CT molecular complexity index is 593. The van der Waals surface area contributed by atoms with Crippen LogP contribution >= 0.6 is 0 Å². The van der Waals surface area contributed by atoms with Gasteiger partial charge in [0, 0.05) is 30.5 Å². The van der Waals surface area contributed by atoms with E-state index in [1.807, 2.05) is 25.6 Å². The van der Waals surface area contributed by atoms with Crippen LogP contribution in [0, 0.1) is 19.7 Å². The Morgan fingerprint density at radius 1 is 1.45 bits per heavy atom. The largest absolute Gasteiger partial charge is 0.272 e. The maximum absolute atomic E-state index is 13.7. The average Bonchev–Trinajstić information content (AvgIpc) is 2.67. The molecular formula is C14H20FN5. The second-order valence-electron chi connectivity index (χ2n) is 4.93. The summed E-state index contributed by atoms with van der Waals surface area (Å²) in [4.78, 5) is 3.75. The summed E-state index contributed by atoms with van der Waals surface area (Å²) < 4.78 is 15.6. The van der Waals surface area contributed by atoms with Crippen molar-refractivity contribution in [3.05, 3.63) is 46.8 Å². The molecule has 0 radical (unpaired) electrons. The minimum atomic E-state index is -0.338. The first-order chi connectivity index (χ1) is 9.54. The standard InChI is InChI=1S/C14H20FN5/c1-9-11(10(2)20(3)19-9)4-5-14(18-16)12-6-7-17-8-13(12)15/h6-8,14,18H,4-5,16H2,1-3H3. The second kappa shape index (κ2) is 6.11. The van der Waals surface area contributed by atoms with Gasteiger partial charge in [-0.05, 0) is 38.3 Å². The number of nitrogens with one attached hydrogen (secondary N) is 1. The molecule has 2 rings (SSSR count). The maximum atomic E-state index is 13.7. The summed E-state index contributed by atoms with van der Waals surface area (Å²) >= 11 is 0. The number of rotatable bonds is 5. The SMILES string of the molecule is Cc1nn(C)c(C)c1CCC(NN)c1ccncc1F. The van der Waals surface area contributed by atoms with Crippen molar-refractivity contribution in [2.45, 2.75) is 32.7 Å². The fourth-order valence-electron chi connectivity index (χ4n) is 2.47. The third-order valence-corrected chi connectivity index (χ3v) is 3.72. The van der Waals surface area contributed by atoms with Gasteiger partial charge < -0.3 is 0 Å². The van der Waals surface area contributed by atoms with Crippen molar-refractivity contribution >= 4 is 0 Å². The van der Waals surface area contributed by atoms with E-state index in [9.17, 15) is 4.39 Å². The van der Waals surface area contributed by atoms with Gasteiger partial charge in [-0.3, -0.25) is 20.9 Å². The maximum Gasteiger partial charge on any atom is 0.146 e. The number of nitrogens with two attached hydrogens (primary N) is 1. The van der Waals surface area contributed by atoms with Crippen molar-refractivity contribution in [2.24, 2.45) is 12.9 Å². The number of hydrazine groups is 1. The third kappa shape index (κ3) is 2.86. The lowest BCUT2D eigenvalue weighted by Crippen LogP contribution is -2.29. The first-order valence-corrected chi connectivity index (χ1v) is 6.59. The van der Waals surface area contributed by atoms with E-state index in [0.717, 1.165) is 17.8 Å². The van der Waals surface area contributed by atoms with E-state index in [-0.39, 0.29) is 11.9 Å². The number of aromatic nitrogens is 3. The Hall–Kier alpha value is -1.79. The molecule has 2 heterocycles. The normalized spacial score (nSPS) is 12.7. The van der Waals surface area contributed by atoms with Gasteiger partial charge in [0.05, 0.1) is 11.9 Å². The molecule has 108 valence electrons. The molecule has 1 atom stereocenters. The molecule has 0 fully saturated rings. The Kier molecular flexibility index (Phi) is 4.46. The molecule has 2 aromatic rings. The molecule has 0 aliphatic heterocycles. The number of pyridine rings is 1. The fourth-order valence-corrected chi connectivity index (χ4v) is 2.47. The lowest BCUT2D eigenvalue weighted by Gasteiger charge is -2.16. The quantitative estimate of drug-likeness (QED) is 0.645. The number of hydrogen-bond acceptors (Lipinski definition) is 4. The van der Waals surface area contributed by atoms with Crippen molar-refractivity contribution in [1.82, 2.24) is 20.2 Å². The van der Waals surface area contributed by atoms with E-state index in [1.54, 1.807) is 12.3 Å². The van der Waals surface area contributed by atoms with Gasteiger partial charge in [-0.25, -0.2) is 4.39 Å². The Balaban J connectivity index is 2.14. The van der Waals surface area contributed by atoms with Crippen molar-refractivity contribution in [3.63, 3.8) is 0 Å². The van der Waals surface area contributed by atoms with Crippen LogP contribution in [0.2, 0.25) is 0 Å². The Labute approximate surface area is 118 Å². The first kappa shape index (κ1) is 14.6. The van der Waals surface area contributed by atoms with E-state index in [2.05, 4.69) is 15.5 Å². The lowest BCUT2D eigenvalue weighted by atomic mass is 9.99. The molecule has 0 aliphatic rings. The molecule has 0 saturated heterocycles. The highest BCUT2D eigenvalue weighted by atomic mass is 19.1. The van der Waals surface area contributed by atoms with Gasteiger partial charge in [0.15, 0.2) is 0 Å². The second-order valence-corrected chi connectivity index (χ2v) is 4.93. The summed E-state index contributed by atoms with van der Waals surface area (Å²) in [6, 6.07) is 1.42. The highest BCUT2D eigenvalue weighted by Crippen LogP contribution is 2.22. The predicted octanol–water partition coefficient (Wildman–Crippen LogP) is 1.71. The smallest absolute Gasteiger partial charge is 0.146 e. The molecule has 6 heteroatoms. The average molecular weight is 277 g/mol. The molecule has 3 N–H and O–H groups in total. The van der Waals surface area contributed by atoms with Crippen LogP contribution in [0.1, 0.15) is 35.0 Å². The van der Waals surface area contributed by atoms with Crippen molar-refractivity contribution in [2.75, 3.05) is 0 Å². The van der Waals surface area contributed by atoms with Crippen LogP contribution in [0.4, 0.5) is 4.39 Å². The van der Waals surface area contributed by atoms with Crippen LogP contribution in [0.25, 0.3) is 0 Å². The first-order valence-electron chi connectivity index (χ1n) is 6.59. The van der Waals surface area contributed by atoms with Crippen molar-refractivity contribution in [3.8, 4) is 0 Å². The molecule has 0 aromatic carbocycles. The molecule has 0 aliphatic carbocycles. The topological polar surface area (TPSA) is 68.8 Å². The van der Waals surface area contributed by atoms with E-state index >= 15 is 0 Å². The van der Waals surface area contributed by atoms with E-state index < -0.39 is 0 Å². The number of halogens is 1. The summed E-state index contributed by atoms with van der Waals surface area (Å²) in [7, 11) is 1.92. The highest BCUT2D eigenvalue weighted by Gasteiger charge is 2.16. The third-order valence-electron chi connectivity index (χ3n) is 3.72. The fraction of sp³-hybridized carbons (Fsp3) is 0.429. The molecule has 0 spiro atoms. The predicted molar refractivity (Wildman–Crippen MR) is 75.3 cm³/mol. The van der Waals surface area contributed by atoms with Crippen LogP contribution in [0.15, 0.2) is 18.5 Å². The molecule has 0 amide bonds. The highest BCUT2D eigenvalue weighted by molar-refractivity contribution is 5.25. The molecule has 1 unspecified atom stereocenters. The van der Waals surface area contributed by atoms with Crippen LogP contribution in [-0.2, 0) is 13.5 Å². The van der Waals surface area contributed by atoms with Crippen LogP contribution in [-0.4, -0.2) is 14.8 Å². The number of hydrogen-bond donors (Lipinski definition) is 2. The van der Waals surface area contributed by atoms with Gasteiger partial charge in [0.1, 0.15) is 5.82 Å². The summed E-state index contributed by atoms with van der Waals surface area (Å²) in [5, 5.41) is 4.39. The molecule has 0 saturated carbocycles. The Morgan fingerprint density at radius 3 is 2.75 bits per heavy atom. The lowest BCUT2D eigenvalue weighted by molar-refractivity contribution is 0.483. The minimum Gasteiger partial charge on any atom is -0.272 e. The number of nitrogens with zero attached hydrogens (tertiary/aromatic N) is 3. The Morgan fingerprint density at radius 2 is 2.20 bits per heavy atom. The van der Waals surface area contributed by atoms with Gasteiger partial charge >= 0.3 is 0 Å². The van der Waals surface area contributed by atoms with E-state index in [1.165, 1.54) is 11.8 Å². The summed E-state index contributed by atoms with van der Waals surface area (Å²) in [5.74, 6) is 5.22. The monoisotopic (exact) mass is 277 g/mol. The van der Waals surface area contributed by atoms with Gasteiger partial charge in [0.2, 0.25) is 0 Å². The molecule has 2 aromatic heterocycles. The molecule has 5 nitrogen and oxygen atoms in total. The molecule has 20 heavy (non-hydrogen) atoms. The van der Waals surface area contributed by atoms with Crippen molar-refractivity contribution in [1.29, 1.82) is 0 Å². The van der Waals surface area contributed by atoms with E-state index in [4.69, 9.17) is 5.84 Å². The van der Waals surface area contributed by atoms with Gasteiger partial charge in [0.25, 0.3) is 0 Å². The minimum absolute atomic E-state index is 0.239. The molecular weight excluding hydrogens is 257 g/mol. The summed E-state index contributed by atoms with van der Waals surface area (Å²) in [5.41, 5.74) is 6.56. The van der Waals surface area contributed by atoms with Crippen LogP contribution in [0.3, 0.4) is 0 Å². The van der Waals surface area contributed by atoms with Crippen molar-refractivity contribution < 1.29 is 4.39 Å².